The number of carbonyl (C=O) groups excluding carboxylic acids is 1. The number of hydrogen-bond acceptors (Lipinski definition) is 3. The second-order valence-electron chi connectivity index (χ2n) is 5.98. The van der Waals surface area contributed by atoms with E-state index in [-0.39, 0.29) is 24.2 Å². The average Bonchev–Trinajstić information content (AvgIpc) is 2.69. The molecule has 0 bridgehead atoms. The second kappa shape index (κ2) is 8.08. The quantitative estimate of drug-likeness (QED) is 0.730. The molecule has 0 saturated carbocycles. The molecule has 8 heteroatoms. The lowest BCUT2D eigenvalue weighted by atomic mass is 10.1. The summed E-state index contributed by atoms with van der Waals surface area (Å²) in [4.78, 5) is 24.0. The minimum atomic E-state index is -4.45. The Bertz CT molecular complexity index is 1010. The fraction of sp³-hybridized carbons (Fsp3) is 0.150. The maximum absolute atomic E-state index is 12.6. The number of carbonyl (C=O) groups is 1. The van der Waals surface area contributed by atoms with E-state index in [0.717, 1.165) is 29.8 Å². The van der Waals surface area contributed by atoms with Gasteiger partial charge in [0.25, 0.3) is 11.5 Å². The van der Waals surface area contributed by atoms with Crippen LogP contribution in [0.4, 0.5) is 13.2 Å². The fourth-order valence-electron chi connectivity index (χ4n) is 2.56. The van der Waals surface area contributed by atoms with Gasteiger partial charge in [-0.05, 0) is 30.3 Å². The number of hydrogen-bond donors (Lipinski definition) is 1. The van der Waals surface area contributed by atoms with E-state index in [0.29, 0.717) is 5.69 Å². The number of nitrogens with one attached hydrogen (secondary N) is 1. The number of aromatic nitrogens is 2. The van der Waals surface area contributed by atoms with Gasteiger partial charge in [0, 0.05) is 23.7 Å². The zero-order valence-corrected chi connectivity index (χ0v) is 14.6. The van der Waals surface area contributed by atoms with Crippen LogP contribution < -0.4 is 10.9 Å². The Hall–Kier alpha value is -3.42. The number of rotatable bonds is 5. The maximum atomic E-state index is 12.6. The molecule has 0 radical (unpaired) electrons. The van der Waals surface area contributed by atoms with E-state index in [9.17, 15) is 22.8 Å². The highest BCUT2D eigenvalue weighted by Gasteiger charge is 2.30. The van der Waals surface area contributed by atoms with Crippen molar-refractivity contribution >= 4 is 5.91 Å². The standard InChI is InChI=1S/C20H16F3N3O2/c21-20(22,23)16-8-6-15(7-9-16)19(28)24-12-13-26-18(27)11-10-17(25-26)14-4-2-1-3-5-14/h1-11H,12-13H2,(H,24,28). The van der Waals surface area contributed by atoms with Gasteiger partial charge in [-0.2, -0.15) is 18.3 Å². The van der Waals surface area contributed by atoms with Gasteiger partial charge < -0.3 is 5.32 Å². The first-order valence-corrected chi connectivity index (χ1v) is 8.43. The molecule has 0 aliphatic carbocycles. The molecule has 1 N–H and O–H groups in total. The van der Waals surface area contributed by atoms with Crippen LogP contribution in [0, 0.1) is 0 Å². The van der Waals surface area contributed by atoms with E-state index in [2.05, 4.69) is 10.4 Å². The summed E-state index contributed by atoms with van der Waals surface area (Å²) in [6.07, 6.45) is -4.45. The molecule has 5 nitrogen and oxygen atoms in total. The van der Waals surface area contributed by atoms with E-state index < -0.39 is 17.6 Å². The monoisotopic (exact) mass is 387 g/mol. The molecule has 3 aromatic rings. The number of nitrogens with zero attached hydrogens (tertiary/aromatic N) is 2. The zero-order chi connectivity index (χ0) is 20.1. The van der Waals surface area contributed by atoms with Crippen LogP contribution >= 0.6 is 0 Å². The first kappa shape index (κ1) is 19.3. The van der Waals surface area contributed by atoms with E-state index in [1.54, 1.807) is 6.07 Å². The third-order valence-electron chi connectivity index (χ3n) is 4.02. The Labute approximate surface area is 158 Å². The Morgan fingerprint density at radius 2 is 1.64 bits per heavy atom. The summed E-state index contributed by atoms with van der Waals surface area (Å²) in [5, 5.41) is 6.85. The highest BCUT2D eigenvalue weighted by Crippen LogP contribution is 2.29. The van der Waals surface area contributed by atoms with Crippen molar-refractivity contribution in [2.24, 2.45) is 0 Å². The lowest BCUT2D eigenvalue weighted by Crippen LogP contribution is -2.32. The summed E-state index contributed by atoms with van der Waals surface area (Å²) in [6.45, 7) is 0.233. The van der Waals surface area contributed by atoms with Crippen molar-refractivity contribution in [3.63, 3.8) is 0 Å². The van der Waals surface area contributed by atoms with Crippen LogP contribution in [-0.2, 0) is 12.7 Å². The van der Waals surface area contributed by atoms with E-state index >= 15 is 0 Å². The highest BCUT2D eigenvalue weighted by molar-refractivity contribution is 5.94. The Balaban J connectivity index is 1.63. The first-order valence-electron chi connectivity index (χ1n) is 8.43. The molecule has 0 unspecified atom stereocenters. The third-order valence-corrected chi connectivity index (χ3v) is 4.02. The predicted octanol–water partition coefficient (Wildman–Crippen LogP) is 3.36. The number of amides is 1. The van der Waals surface area contributed by atoms with Crippen molar-refractivity contribution in [1.29, 1.82) is 0 Å². The normalized spacial score (nSPS) is 11.2. The van der Waals surface area contributed by atoms with Crippen molar-refractivity contribution < 1.29 is 18.0 Å². The molecule has 0 fully saturated rings. The minimum Gasteiger partial charge on any atom is -0.350 e. The molecule has 0 saturated heterocycles. The SMILES string of the molecule is O=C(NCCn1nc(-c2ccccc2)ccc1=O)c1ccc(C(F)(F)F)cc1. The van der Waals surface area contributed by atoms with Gasteiger partial charge in [-0.15, -0.1) is 0 Å². The molecule has 1 aromatic heterocycles. The van der Waals surface area contributed by atoms with Crippen molar-refractivity contribution in [3.8, 4) is 11.3 Å². The molecule has 144 valence electrons. The summed E-state index contributed by atoms with van der Waals surface area (Å²) in [5.41, 5.74) is 0.437. The Morgan fingerprint density at radius 1 is 0.964 bits per heavy atom. The highest BCUT2D eigenvalue weighted by atomic mass is 19.4. The topological polar surface area (TPSA) is 64.0 Å². The molecule has 28 heavy (non-hydrogen) atoms. The Kier molecular flexibility index (Phi) is 5.58. The number of benzene rings is 2. The van der Waals surface area contributed by atoms with Crippen molar-refractivity contribution in [2.45, 2.75) is 12.7 Å². The summed E-state index contributed by atoms with van der Waals surface area (Å²) in [6, 6.07) is 16.3. The molecule has 3 rings (SSSR count). The van der Waals surface area contributed by atoms with E-state index in [4.69, 9.17) is 0 Å². The van der Waals surface area contributed by atoms with E-state index in [1.807, 2.05) is 30.3 Å². The molecular weight excluding hydrogens is 371 g/mol. The molecule has 0 aliphatic rings. The van der Waals surface area contributed by atoms with Crippen LogP contribution in [0.25, 0.3) is 11.3 Å². The number of alkyl halides is 3. The van der Waals surface area contributed by atoms with Crippen LogP contribution in [0.2, 0.25) is 0 Å². The van der Waals surface area contributed by atoms with Gasteiger partial charge in [-0.1, -0.05) is 30.3 Å². The summed E-state index contributed by atoms with van der Waals surface area (Å²) >= 11 is 0. The average molecular weight is 387 g/mol. The van der Waals surface area contributed by atoms with Gasteiger partial charge in [0.1, 0.15) is 0 Å². The largest absolute Gasteiger partial charge is 0.416 e. The van der Waals surface area contributed by atoms with Gasteiger partial charge in [0.15, 0.2) is 0 Å². The first-order chi connectivity index (χ1) is 13.3. The van der Waals surface area contributed by atoms with Crippen LogP contribution in [0.1, 0.15) is 15.9 Å². The Morgan fingerprint density at radius 3 is 2.29 bits per heavy atom. The summed E-state index contributed by atoms with van der Waals surface area (Å²) < 4.78 is 38.9. The third kappa shape index (κ3) is 4.64. The van der Waals surface area contributed by atoms with Crippen molar-refractivity contribution in [1.82, 2.24) is 15.1 Å². The van der Waals surface area contributed by atoms with Crippen molar-refractivity contribution in [2.75, 3.05) is 6.54 Å². The van der Waals surface area contributed by atoms with Gasteiger partial charge >= 0.3 is 6.18 Å². The molecule has 1 heterocycles. The predicted molar refractivity (Wildman–Crippen MR) is 97.7 cm³/mol. The van der Waals surface area contributed by atoms with Gasteiger partial charge in [0.05, 0.1) is 17.8 Å². The fourth-order valence-corrected chi connectivity index (χ4v) is 2.56. The smallest absolute Gasteiger partial charge is 0.350 e. The molecule has 2 aromatic carbocycles. The lowest BCUT2D eigenvalue weighted by molar-refractivity contribution is -0.137. The maximum Gasteiger partial charge on any atom is 0.416 e. The van der Waals surface area contributed by atoms with Crippen LogP contribution in [0.3, 0.4) is 0 Å². The second-order valence-corrected chi connectivity index (χ2v) is 5.98. The van der Waals surface area contributed by atoms with Crippen molar-refractivity contribution in [3.05, 3.63) is 88.2 Å². The van der Waals surface area contributed by atoms with E-state index in [1.165, 1.54) is 10.7 Å². The van der Waals surface area contributed by atoms with Gasteiger partial charge in [-0.3, -0.25) is 9.59 Å². The molecule has 1 amide bonds. The van der Waals surface area contributed by atoms with Gasteiger partial charge in [-0.25, -0.2) is 4.68 Å². The minimum absolute atomic E-state index is 0.102. The molecule has 0 spiro atoms. The van der Waals surface area contributed by atoms with Crippen LogP contribution in [0.15, 0.2) is 71.5 Å². The van der Waals surface area contributed by atoms with Crippen LogP contribution in [-0.4, -0.2) is 22.2 Å². The zero-order valence-electron chi connectivity index (χ0n) is 14.6. The molecular formula is C20H16F3N3O2. The molecule has 0 atom stereocenters. The molecule has 0 aliphatic heterocycles. The lowest BCUT2D eigenvalue weighted by Gasteiger charge is -2.10. The number of halogens is 3. The van der Waals surface area contributed by atoms with Crippen LogP contribution in [0.5, 0.6) is 0 Å². The summed E-state index contributed by atoms with van der Waals surface area (Å²) in [5.74, 6) is -0.527. The van der Waals surface area contributed by atoms with Gasteiger partial charge in [0.2, 0.25) is 0 Å². The summed E-state index contributed by atoms with van der Waals surface area (Å²) in [7, 11) is 0.